The van der Waals surface area contributed by atoms with E-state index in [2.05, 4.69) is 20.0 Å². The van der Waals surface area contributed by atoms with Crippen molar-refractivity contribution in [2.24, 2.45) is 22.9 Å². The number of carbonyl (C=O) groups excluding carboxylic acids is 1. The number of carbonyl (C=O) groups is 1. The van der Waals surface area contributed by atoms with Crippen LogP contribution in [0.5, 0.6) is 0 Å². The number of fused-ring (bicyclic) bond motifs is 1. The van der Waals surface area contributed by atoms with Crippen LogP contribution < -0.4 is 4.90 Å². The van der Waals surface area contributed by atoms with Gasteiger partial charge in [0.1, 0.15) is 23.4 Å². The van der Waals surface area contributed by atoms with Gasteiger partial charge >= 0.3 is 0 Å². The molecule has 31 heavy (non-hydrogen) atoms. The van der Waals surface area contributed by atoms with Crippen LogP contribution in [0.25, 0.3) is 0 Å². The Morgan fingerprint density at radius 3 is 2.52 bits per heavy atom. The van der Waals surface area contributed by atoms with Gasteiger partial charge in [-0.2, -0.15) is 10.4 Å². The molecule has 1 aromatic carbocycles. The first-order valence-corrected chi connectivity index (χ1v) is 10.3. The van der Waals surface area contributed by atoms with E-state index in [1.165, 1.54) is 17.1 Å². The number of rotatable bonds is 3. The first kappa shape index (κ1) is 19.5. The van der Waals surface area contributed by atoms with Crippen molar-refractivity contribution in [3.63, 3.8) is 0 Å². The SMILES string of the molecule is N#Cc1ccnc(N2C[C@H]3CC(C(=O)N4N=CC[C@H]4c4cc(F)cc(F)c4)C[C@H]3C2)n1. The molecule has 1 aromatic heterocycles. The van der Waals surface area contributed by atoms with Crippen LogP contribution in [-0.2, 0) is 4.79 Å². The second-order valence-electron chi connectivity index (χ2n) is 8.38. The van der Waals surface area contributed by atoms with E-state index in [0.717, 1.165) is 32.0 Å². The standard InChI is InChI=1S/C22H20F2N6O/c23-17-7-13(8-18(24)9-17)20-2-4-27-30(20)21(31)14-5-15-11-29(12-16(15)6-14)22-26-3-1-19(10-25)28-22/h1,3-4,7-9,14-16,20H,2,5-6,11-12H2/t14?,15-,16+,20-/m0/s1. The maximum Gasteiger partial charge on any atom is 0.246 e. The zero-order valence-corrected chi connectivity index (χ0v) is 16.7. The van der Waals surface area contributed by atoms with Crippen LogP contribution >= 0.6 is 0 Å². The molecular formula is C22H20F2N6O. The third-order valence-corrected chi connectivity index (χ3v) is 6.47. The Hall–Kier alpha value is -3.41. The summed E-state index contributed by atoms with van der Waals surface area (Å²) in [6.07, 6.45) is 5.11. The lowest BCUT2D eigenvalue weighted by Gasteiger charge is -2.26. The summed E-state index contributed by atoms with van der Waals surface area (Å²) in [5.74, 6) is -0.361. The topological polar surface area (TPSA) is 85.5 Å². The van der Waals surface area contributed by atoms with Crippen LogP contribution in [0.4, 0.5) is 14.7 Å². The minimum absolute atomic E-state index is 0.0907. The zero-order valence-electron chi connectivity index (χ0n) is 16.7. The molecule has 2 fully saturated rings. The van der Waals surface area contributed by atoms with E-state index in [4.69, 9.17) is 5.26 Å². The van der Waals surface area contributed by atoms with Gasteiger partial charge in [0.15, 0.2) is 0 Å². The number of benzene rings is 1. The van der Waals surface area contributed by atoms with Crippen LogP contribution in [0.3, 0.4) is 0 Å². The summed E-state index contributed by atoms with van der Waals surface area (Å²) in [5, 5.41) is 14.7. The Kier molecular flexibility index (Phi) is 4.85. The number of hydrazone groups is 1. The molecule has 1 amide bonds. The largest absolute Gasteiger partial charge is 0.340 e. The normalized spacial score (nSPS) is 26.9. The molecule has 0 bridgehead atoms. The van der Waals surface area contributed by atoms with Gasteiger partial charge in [-0.05, 0) is 48.4 Å². The first-order valence-electron chi connectivity index (χ1n) is 10.3. The van der Waals surface area contributed by atoms with Crippen LogP contribution in [-0.4, -0.2) is 40.2 Å². The number of nitriles is 1. The molecule has 0 radical (unpaired) electrons. The number of aromatic nitrogens is 2. The fourth-order valence-electron chi connectivity index (χ4n) is 5.09. The molecular weight excluding hydrogens is 402 g/mol. The molecule has 0 spiro atoms. The third kappa shape index (κ3) is 3.63. The van der Waals surface area contributed by atoms with Crippen molar-refractivity contribution in [1.29, 1.82) is 5.26 Å². The molecule has 9 heteroatoms. The lowest BCUT2D eigenvalue weighted by atomic mass is 10.0. The van der Waals surface area contributed by atoms with Crippen molar-refractivity contribution < 1.29 is 13.6 Å². The average molecular weight is 422 g/mol. The Labute approximate surface area is 178 Å². The molecule has 158 valence electrons. The number of anilines is 1. The number of hydrogen-bond donors (Lipinski definition) is 0. The van der Waals surface area contributed by atoms with Gasteiger partial charge in [0, 0.05) is 43.9 Å². The predicted molar refractivity (Wildman–Crippen MR) is 108 cm³/mol. The fraction of sp³-hybridized carbons (Fsp3) is 0.409. The Morgan fingerprint density at radius 2 is 1.84 bits per heavy atom. The Bertz CT molecular complexity index is 1070. The number of hydrogen-bond acceptors (Lipinski definition) is 6. The van der Waals surface area contributed by atoms with E-state index in [0.29, 0.717) is 35.5 Å². The summed E-state index contributed by atoms with van der Waals surface area (Å²) in [5.41, 5.74) is 0.754. The van der Waals surface area contributed by atoms with Crippen molar-refractivity contribution >= 4 is 18.1 Å². The summed E-state index contributed by atoms with van der Waals surface area (Å²) in [6, 6.07) is 6.48. The van der Waals surface area contributed by atoms with E-state index in [1.54, 1.807) is 18.5 Å². The lowest BCUT2D eigenvalue weighted by molar-refractivity contribution is -0.137. The van der Waals surface area contributed by atoms with Crippen molar-refractivity contribution in [1.82, 2.24) is 15.0 Å². The molecule has 1 aliphatic carbocycles. The molecule has 7 nitrogen and oxygen atoms in total. The molecule has 3 aliphatic rings. The summed E-state index contributed by atoms with van der Waals surface area (Å²) < 4.78 is 27.3. The van der Waals surface area contributed by atoms with Crippen LogP contribution in [0.15, 0.2) is 35.6 Å². The first-order chi connectivity index (χ1) is 15.0. The highest BCUT2D eigenvalue weighted by Gasteiger charge is 2.46. The highest BCUT2D eigenvalue weighted by atomic mass is 19.1. The van der Waals surface area contributed by atoms with Crippen LogP contribution in [0, 0.1) is 40.7 Å². The molecule has 4 atom stereocenters. The minimum atomic E-state index is -0.660. The van der Waals surface area contributed by atoms with Crippen molar-refractivity contribution in [3.8, 4) is 6.07 Å². The molecule has 0 N–H and O–H groups in total. The zero-order chi connectivity index (χ0) is 21.5. The van der Waals surface area contributed by atoms with Gasteiger partial charge in [0.25, 0.3) is 0 Å². The van der Waals surface area contributed by atoms with Gasteiger partial charge < -0.3 is 4.90 Å². The fourth-order valence-corrected chi connectivity index (χ4v) is 5.09. The van der Waals surface area contributed by atoms with Gasteiger partial charge in [-0.3, -0.25) is 4.79 Å². The second kappa shape index (κ2) is 7.69. The predicted octanol–water partition coefficient (Wildman–Crippen LogP) is 3.05. The Morgan fingerprint density at radius 1 is 1.13 bits per heavy atom. The van der Waals surface area contributed by atoms with E-state index in [9.17, 15) is 13.6 Å². The number of halogens is 2. The third-order valence-electron chi connectivity index (χ3n) is 6.47. The van der Waals surface area contributed by atoms with Gasteiger partial charge in [-0.25, -0.2) is 23.8 Å². The van der Waals surface area contributed by atoms with Crippen molar-refractivity contribution in [2.75, 3.05) is 18.0 Å². The maximum absolute atomic E-state index is 13.7. The summed E-state index contributed by atoms with van der Waals surface area (Å²) in [6.45, 7) is 1.48. The Balaban J connectivity index is 1.26. The minimum Gasteiger partial charge on any atom is -0.340 e. The van der Waals surface area contributed by atoms with Crippen molar-refractivity contribution in [3.05, 3.63) is 53.4 Å². The summed E-state index contributed by atoms with van der Waals surface area (Å²) in [4.78, 5) is 23.8. The number of nitrogens with zero attached hydrogens (tertiary/aromatic N) is 6. The van der Waals surface area contributed by atoms with Crippen LogP contribution in [0.2, 0.25) is 0 Å². The quantitative estimate of drug-likeness (QED) is 0.759. The molecule has 3 heterocycles. The highest BCUT2D eigenvalue weighted by Crippen LogP contribution is 2.44. The van der Waals surface area contributed by atoms with Crippen molar-refractivity contribution in [2.45, 2.75) is 25.3 Å². The van der Waals surface area contributed by atoms with Gasteiger partial charge in [0.05, 0.1) is 6.04 Å². The molecule has 1 unspecified atom stereocenters. The highest BCUT2D eigenvalue weighted by molar-refractivity contribution is 5.82. The summed E-state index contributed by atoms with van der Waals surface area (Å²) in [7, 11) is 0. The van der Waals surface area contributed by atoms with Gasteiger partial charge in [-0.1, -0.05) is 0 Å². The van der Waals surface area contributed by atoms with E-state index in [1.807, 2.05) is 6.07 Å². The van der Waals surface area contributed by atoms with Crippen LogP contribution in [0.1, 0.15) is 36.6 Å². The average Bonchev–Trinajstić information content (AvgIpc) is 3.47. The summed E-state index contributed by atoms with van der Waals surface area (Å²) >= 11 is 0. The van der Waals surface area contributed by atoms with E-state index >= 15 is 0 Å². The number of amides is 1. The molecule has 1 saturated heterocycles. The second-order valence-corrected chi connectivity index (χ2v) is 8.38. The lowest BCUT2D eigenvalue weighted by Crippen LogP contribution is -2.33. The molecule has 2 aliphatic heterocycles. The van der Waals surface area contributed by atoms with E-state index < -0.39 is 17.7 Å². The van der Waals surface area contributed by atoms with Gasteiger partial charge in [0.2, 0.25) is 11.9 Å². The monoisotopic (exact) mass is 422 g/mol. The molecule has 1 saturated carbocycles. The molecule has 2 aromatic rings. The van der Waals surface area contributed by atoms with Gasteiger partial charge in [-0.15, -0.1) is 0 Å². The smallest absolute Gasteiger partial charge is 0.246 e. The molecule has 5 rings (SSSR count). The maximum atomic E-state index is 13.7. The van der Waals surface area contributed by atoms with E-state index in [-0.39, 0.29) is 11.8 Å².